The van der Waals surface area contributed by atoms with Crippen LogP contribution in [0.15, 0.2) is 12.5 Å². The van der Waals surface area contributed by atoms with Gasteiger partial charge in [-0.25, -0.2) is 9.78 Å². The number of imidazole rings is 1. The minimum Gasteiger partial charge on any atom is -0.476 e. The van der Waals surface area contributed by atoms with Gasteiger partial charge in [0.1, 0.15) is 0 Å². The van der Waals surface area contributed by atoms with E-state index >= 15 is 0 Å². The molecule has 2 bridgehead atoms. The van der Waals surface area contributed by atoms with Crippen molar-refractivity contribution in [3.05, 3.63) is 18.2 Å². The third-order valence-corrected chi connectivity index (χ3v) is 4.16. The van der Waals surface area contributed by atoms with Crippen LogP contribution in [0.25, 0.3) is 0 Å². The van der Waals surface area contributed by atoms with E-state index in [4.69, 9.17) is 5.11 Å². The molecule has 7 nitrogen and oxygen atoms in total. The quantitative estimate of drug-likeness (QED) is 0.695. The molecule has 2 aliphatic rings. The third kappa shape index (κ3) is 2.53. The Morgan fingerprint density at radius 1 is 1.50 bits per heavy atom. The number of carboxylic acid groups (broad SMARTS) is 1. The van der Waals surface area contributed by atoms with Gasteiger partial charge in [-0.1, -0.05) is 0 Å². The summed E-state index contributed by atoms with van der Waals surface area (Å²) in [7, 11) is 0. The van der Waals surface area contributed by atoms with Crippen molar-refractivity contribution in [1.29, 1.82) is 0 Å². The normalized spacial score (nSPS) is 27.7. The molecule has 0 radical (unpaired) electrons. The van der Waals surface area contributed by atoms with Gasteiger partial charge in [-0.2, -0.15) is 0 Å². The van der Waals surface area contributed by atoms with Crippen LogP contribution in [0.4, 0.5) is 0 Å². The monoisotopic (exact) mass is 278 g/mol. The van der Waals surface area contributed by atoms with Crippen molar-refractivity contribution in [1.82, 2.24) is 20.2 Å². The summed E-state index contributed by atoms with van der Waals surface area (Å²) in [5, 5.41) is 15.1. The second-order valence-electron chi connectivity index (χ2n) is 5.48. The van der Waals surface area contributed by atoms with E-state index in [1.165, 1.54) is 18.9 Å². The predicted octanol–water partition coefficient (Wildman–Crippen LogP) is -0.162. The maximum atomic E-state index is 12.1. The summed E-state index contributed by atoms with van der Waals surface area (Å²) in [6.45, 7) is 1.02. The van der Waals surface area contributed by atoms with Gasteiger partial charge in [-0.05, 0) is 19.3 Å². The van der Waals surface area contributed by atoms with Crippen LogP contribution < -0.4 is 10.6 Å². The molecule has 1 aromatic rings. The third-order valence-electron chi connectivity index (χ3n) is 4.16. The van der Waals surface area contributed by atoms with Crippen LogP contribution in [0.1, 0.15) is 29.8 Å². The van der Waals surface area contributed by atoms with Crippen molar-refractivity contribution in [2.24, 2.45) is 5.92 Å². The van der Waals surface area contributed by atoms with Gasteiger partial charge < -0.3 is 20.3 Å². The first-order valence-corrected chi connectivity index (χ1v) is 6.92. The molecule has 7 heteroatoms. The van der Waals surface area contributed by atoms with Crippen molar-refractivity contribution < 1.29 is 14.7 Å². The Kier molecular flexibility index (Phi) is 3.43. The molecule has 1 aromatic heterocycles. The Hall–Kier alpha value is -1.89. The van der Waals surface area contributed by atoms with Crippen LogP contribution in [0, 0.1) is 5.92 Å². The van der Waals surface area contributed by atoms with E-state index in [0.29, 0.717) is 25.2 Å². The van der Waals surface area contributed by atoms with Crippen LogP contribution >= 0.6 is 0 Å². The zero-order valence-corrected chi connectivity index (χ0v) is 11.1. The molecule has 2 fully saturated rings. The number of hydrogen-bond acceptors (Lipinski definition) is 4. The van der Waals surface area contributed by atoms with E-state index < -0.39 is 5.97 Å². The molecule has 3 unspecified atom stereocenters. The molecule has 0 spiro atoms. The molecule has 3 heterocycles. The number of hydrogen-bond donors (Lipinski definition) is 3. The van der Waals surface area contributed by atoms with E-state index in [1.807, 2.05) is 0 Å². The Morgan fingerprint density at radius 3 is 2.95 bits per heavy atom. The minimum absolute atomic E-state index is 0.0219. The lowest BCUT2D eigenvalue weighted by Gasteiger charge is -2.19. The highest BCUT2D eigenvalue weighted by Crippen LogP contribution is 2.33. The van der Waals surface area contributed by atoms with Gasteiger partial charge >= 0.3 is 5.97 Å². The first kappa shape index (κ1) is 13.1. The van der Waals surface area contributed by atoms with Crippen LogP contribution in [-0.2, 0) is 11.3 Å². The van der Waals surface area contributed by atoms with Gasteiger partial charge in [0.25, 0.3) is 0 Å². The summed E-state index contributed by atoms with van der Waals surface area (Å²) < 4.78 is 1.67. The zero-order valence-electron chi connectivity index (χ0n) is 11.1. The smallest absolute Gasteiger partial charge is 0.356 e. The Bertz CT molecular complexity index is 527. The number of nitrogens with one attached hydrogen (secondary N) is 2. The molecule has 2 saturated heterocycles. The highest BCUT2D eigenvalue weighted by molar-refractivity contribution is 5.84. The molecule has 2 aliphatic heterocycles. The minimum atomic E-state index is -1.04. The second-order valence-corrected chi connectivity index (χ2v) is 5.48. The maximum absolute atomic E-state index is 12.1. The molecule has 3 atom stereocenters. The molecular weight excluding hydrogens is 260 g/mol. The molecule has 0 aliphatic carbocycles. The average Bonchev–Trinajstić information content (AvgIpc) is 3.14. The van der Waals surface area contributed by atoms with Gasteiger partial charge in [-0.15, -0.1) is 0 Å². The summed E-state index contributed by atoms with van der Waals surface area (Å²) >= 11 is 0. The number of fused-ring (bicyclic) bond motifs is 2. The van der Waals surface area contributed by atoms with Crippen LogP contribution in [0.3, 0.4) is 0 Å². The van der Waals surface area contributed by atoms with Crippen molar-refractivity contribution in [2.75, 3.05) is 6.54 Å². The molecular formula is C13H18N4O3. The van der Waals surface area contributed by atoms with Gasteiger partial charge in [0, 0.05) is 31.4 Å². The SMILES string of the molecule is O=C(O)c1cn(CCNC(=O)C2CC3CCC2N3)cn1. The fraction of sp³-hybridized carbons (Fsp3) is 0.615. The second kappa shape index (κ2) is 5.24. The molecule has 3 N–H and O–H groups in total. The topological polar surface area (TPSA) is 96.2 Å². The molecule has 20 heavy (non-hydrogen) atoms. The first-order valence-electron chi connectivity index (χ1n) is 6.92. The van der Waals surface area contributed by atoms with Crippen molar-refractivity contribution in [3.8, 4) is 0 Å². The van der Waals surface area contributed by atoms with E-state index in [2.05, 4.69) is 15.6 Å². The van der Waals surface area contributed by atoms with E-state index in [9.17, 15) is 9.59 Å². The molecule has 108 valence electrons. The first-order chi connectivity index (χ1) is 9.63. The Balaban J connectivity index is 1.45. The van der Waals surface area contributed by atoms with Crippen LogP contribution in [-0.4, -0.2) is 45.2 Å². The number of amides is 1. The number of carboxylic acids is 1. The number of carbonyl (C=O) groups excluding carboxylic acids is 1. The molecule has 3 rings (SSSR count). The number of aromatic nitrogens is 2. The van der Waals surface area contributed by atoms with E-state index in [-0.39, 0.29) is 17.5 Å². The summed E-state index contributed by atoms with van der Waals surface area (Å²) in [6.07, 6.45) is 6.14. The van der Waals surface area contributed by atoms with Gasteiger partial charge in [0.2, 0.25) is 5.91 Å². The lowest BCUT2D eigenvalue weighted by atomic mass is 9.88. The summed E-state index contributed by atoms with van der Waals surface area (Å²) in [5.41, 5.74) is 0.0219. The van der Waals surface area contributed by atoms with Crippen molar-refractivity contribution in [3.63, 3.8) is 0 Å². The number of carbonyl (C=O) groups is 2. The van der Waals surface area contributed by atoms with Crippen molar-refractivity contribution >= 4 is 11.9 Å². The zero-order chi connectivity index (χ0) is 14.1. The van der Waals surface area contributed by atoms with Crippen LogP contribution in [0.5, 0.6) is 0 Å². The lowest BCUT2D eigenvalue weighted by Crippen LogP contribution is -2.38. The van der Waals surface area contributed by atoms with Gasteiger partial charge in [0.05, 0.1) is 12.2 Å². The van der Waals surface area contributed by atoms with Gasteiger partial charge in [0.15, 0.2) is 5.69 Å². The standard InChI is InChI=1S/C13H18N4O3/c18-12(9-5-8-1-2-10(9)16-8)14-3-4-17-6-11(13(19)20)15-7-17/h6-10,16H,1-5H2,(H,14,18)(H,19,20). The maximum Gasteiger partial charge on any atom is 0.356 e. The number of rotatable bonds is 5. The van der Waals surface area contributed by atoms with Crippen molar-refractivity contribution in [2.45, 2.75) is 37.9 Å². The predicted molar refractivity (Wildman–Crippen MR) is 70.2 cm³/mol. The molecule has 1 amide bonds. The largest absolute Gasteiger partial charge is 0.476 e. The average molecular weight is 278 g/mol. The number of aromatic carboxylic acids is 1. The summed E-state index contributed by atoms with van der Waals surface area (Å²) in [4.78, 5) is 26.5. The number of nitrogens with zero attached hydrogens (tertiary/aromatic N) is 2. The highest BCUT2D eigenvalue weighted by Gasteiger charge is 2.42. The van der Waals surface area contributed by atoms with E-state index in [1.54, 1.807) is 4.57 Å². The lowest BCUT2D eigenvalue weighted by molar-refractivity contribution is -0.125. The fourth-order valence-electron chi connectivity index (χ4n) is 3.15. The molecule has 0 aromatic carbocycles. The Morgan fingerprint density at radius 2 is 2.35 bits per heavy atom. The summed E-state index contributed by atoms with van der Waals surface area (Å²) in [5.74, 6) is -0.852. The fourth-order valence-corrected chi connectivity index (χ4v) is 3.15. The van der Waals surface area contributed by atoms with Crippen LogP contribution in [0.2, 0.25) is 0 Å². The van der Waals surface area contributed by atoms with E-state index in [0.717, 1.165) is 12.8 Å². The Labute approximate surface area is 116 Å². The highest BCUT2D eigenvalue weighted by atomic mass is 16.4. The van der Waals surface area contributed by atoms with Gasteiger partial charge in [-0.3, -0.25) is 4.79 Å². The summed E-state index contributed by atoms with van der Waals surface area (Å²) in [6, 6.07) is 0.856. The molecule has 0 saturated carbocycles.